The van der Waals surface area contributed by atoms with Crippen LogP contribution in [0.2, 0.25) is 0 Å². The molecule has 0 aromatic heterocycles. The minimum absolute atomic E-state index is 0.126. The van der Waals surface area contributed by atoms with E-state index in [4.69, 9.17) is 9.47 Å². The SMILES string of the molecule is COc1ccc(OC)c([C@H](C)NC(=O)NC2CCCC2)c1. The summed E-state index contributed by atoms with van der Waals surface area (Å²) in [5.41, 5.74) is 0.901. The monoisotopic (exact) mass is 292 g/mol. The molecule has 0 bridgehead atoms. The molecule has 1 saturated carbocycles. The second kappa shape index (κ2) is 7.20. The normalized spacial score (nSPS) is 16.3. The number of hydrogen-bond donors (Lipinski definition) is 2. The molecule has 5 heteroatoms. The highest BCUT2D eigenvalue weighted by Crippen LogP contribution is 2.29. The molecule has 2 rings (SSSR count). The first-order valence-electron chi connectivity index (χ1n) is 7.43. The summed E-state index contributed by atoms with van der Waals surface area (Å²) in [7, 11) is 3.24. The zero-order valence-corrected chi connectivity index (χ0v) is 12.9. The summed E-state index contributed by atoms with van der Waals surface area (Å²) in [5, 5.41) is 5.99. The van der Waals surface area contributed by atoms with Gasteiger partial charge in [-0.1, -0.05) is 12.8 Å². The number of urea groups is 1. The van der Waals surface area contributed by atoms with Crippen LogP contribution in [-0.4, -0.2) is 26.3 Å². The fraction of sp³-hybridized carbons (Fsp3) is 0.562. The summed E-state index contributed by atoms with van der Waals surface area (Å²) < 4.78 is 10.6. The van der Waals surface area contributed by atoms with Crippen molar-refractivity contribution in [3.05, 3.63) is 23.8 Å². The molecule has 5 nitrogen and oxygen atoms in total. The number of amides is 2. The summed E-state index contributed by atoms with van der Waals surface area (Å²) in [5.74, 6) is 1.49. The number of methoxy groups -OCH3 is 2. The maximum atomic E-state index is 12.0. The number of nitrogens with one attached hydrogen (secondary N) is 2. The van der Waals surface area contributed by atoms with Crippen LogP contribution in [0, 0.1) is 0 Å². The van der Waals surface area contributed by atoms with Gasteiger partial charge in [0.25, 0.3) is 0 Å². The Morgan fingerprint density at radius 2 is 1.95 bits per heavy atom. The van der Waals surface area contributed by atoms with E-state index in [1.165, 1.54) is 12.8 Å². The van der Waals surface area contributed by atoms with Gasteiger partial charge >= 0.3 is 6.03 Å². The van der Waals surface area contributed by atoms with Crippen LogP contribution in [0.25, 0.3) is 0 Å². The van der Waals surface area contributed by atoms with Crippen molar-refractivity contribution < 1.29 is 14.3 Å². The second-order valence-corrected chi connectivity index (χ2v) is 5.43. The zero-order chi connectivity index (χ0) is 15.2. The fourth-order valence-corrected chi connectivity index (χ4v) is 2.75. The van der Waals surface area contributed by atoms with Gasteiger partial charge in [-0.2, -0.15) is 0 Å². The smallest absolute Gasteiger partial charge is 0.315 e. The predicted octanol–water partition coefficient (Wildman–Crippen LogP) is 3.01. The van der Waals surface area contributed by atoms with Crippen LogP contribution < -0.4 is 20.1 Å². The standard InChI is InChI=1S/C16H24N2O3/c1-11(17-16(19)18-12-6-4-5-7-12)14-10-13(20-2)8-9-15(14)21-3/h8-12H,4-7H2,1-3H3,(H2,17,18,19)/t11-/m0/s1. The van der Waals surface area contributed by atoms with E-state index in [9.17, 15) is 4.79 Å². The van der Waals surface area contributed by atoms with Crippen LogP contribution in [0.15, 0.2) is 18.2 Å². The van der Waals surface area contributed by atoms with Crippen molar-refractivity contribution in [1.82, 2.24) is 10.6 Å². The van der Waals surface area contributed by atoms with Gasteiger partial charge < -0.3 is 20.1 Å². The predicted molar refractivity (Wildman–Crippen MR) is 81.9 cm³/mol. The molecule has 0 unspecified atom stereocenters. The van der Waals surface area contributed by atoms with Gasteiger partial charge in [0.15, 0.2) is 0 Å². The third kappa shape index (κ3) is 4.03. The zero-order valence-electron chi connectivity index (χ0n) is 12.9. The minimum atomic E-state index is -0.156. The quantitative estimate of drug-likeness (QED) is 0.877. The number of carbonyl (C=O) groups excluding carboxylic acids is 1. The molecule has 2 N–H and O–H groups in total. The van der Waals surface area contributed by atoms with E-state index in [1.807, 2.05) is 25.1 Å². The molecule has 1 atom stereocenters. The highest BCUT2D eigenvalue weighted by atomic mass is 16.5. The lowest BCUT2D eigenvalue weighted by Gasteiger charge is -2.20. The van der Waals surface area contributed by atoms with Gasteiger partial charge in [-0.05, 0) is 38.0 Å². The van der Waals surface area contributed by atoms with E-state index in [0.717, 1.165) is 29.9 Å². The molecule has 116 valence electrons. The van der Waals surface area contributed by atoms with Crippen LogP contribution >= 0.6 is 0 Å². The summed E-state index contributed by atoms with van der Waals surface area (Å²) in [4.78, 5) is 12.0. The number of hydrogen-bond acceptors (Lipinski definition) is 3. The highest BCUT2D eigenvalue weighted by molar-refractivity contribution is 5.75. The van der Waals surface area contributed by atoms with Crippen molar-refractivity contribution in [2.45, 2.75) is 44.7 Å². The van der Waals surface area contributed by atoms with Gasteiger partial charge in [0.1, 0.15) is 11.5 Å². The Kier molecular flexibility index (Phi) is 5.31. The summed E-state index contributed by atoms with van der Waals surface area (Å²) in [6.45, 7) is 1.94. The lowest BCUT2D eigenvalue weighted by Crippen LogP contribution is -2.41. The lowest BCUT2D eigenvalue weighted by molar-refractivity contribution is 0.234. The first kappa shape index (κ1) is 15.5. The minimum Gasteiger partial charge on any atom is -0.497 e. The first-order chi connectivity index (χ1) is 10.1. The molecule has 1 aliphatic rings. The molecular formula is C16H24N2O3. The molecule has 21 heavy (non-hydrogen) atoms. The van der Waals surface area contributed by atoms with Gasteiger partial charge in [0, 0.05) is 11.6 Å². The van der Waals surface area contributed by atoms with Crippen molar-refractivity contribution in [3.63, 3.8) is 0 Å². The summed E-state index contributed by atoms with van der Waals surface area (Å²) in [6, 6.07) is 5.61. The van der Waals surface area contributed by atoms with Gasteiger partial charge in [-0.3, -0.25) is 0 Å². The molecule has 0 heterocycles. The third-order valence-electron chi connectivity index (χ3n) is 3.94. The molecule has 1 aromatic rings. The Balaban J connectivity index is 2.01. The van der Waals surface area contributed by atoms with Crippen LogP contribution in [-0.2, 0) is 0 Å². The summed E-state index contributed by atoms with van der Waals surface area (Å²) >= 11 is 0. The van der Waals surface area contributed by atoms with Gasteiger partial charge in [-0.15, -0.1) is 0 Å². The van der Waals surface area contributed by atoms with Crippen LogP contribution in [0.1, 0.15) is 44.2 Å². The number of rotatable bonds is 5. The van der Waals surface area contributed by atoms with Crippen LogP contribution in [0.4, 0.5) is 4.79 Å². The molecular weight excluding hydrogens is 268 g/mol. The van der Waals surface area contributed by atoms with Crippen LogP contribution in [0.5, 0.6) is 11.5 Å². The second-order valence-electron chi connectivity index (χ2n) is 5.43. The average Bonchev–Trinajstić information content (AvgIpc) is 2.99. The van der Waals surface area contributed by atoms with Gasteiger partial charge in [-0.25, -0.2) is 4.79 Å². The number of ether oxygens (including phenoxy) is 2. The van der Waals surface area contributed by atoms with Crippen molar-refractivity contribution in [2.75, 3.05) is 14.2 Å². The maximum absolute atomic E-state index is 12.0. The topological polar surface area (TPSA) is 59.6 Å². The Morgan fingerprint density at radius 3 is 2.57 bits per heavy atom. The third-order valence-corrected chi connectivity index (χ3v) is 3.94. The molecule has 0 spiro atoms. The molecule has 1 fully saturated rings. The van der Waals surface area contributed by atoms with Gasteiger partial charge in [0.05, 0.1) is 20.3 Å². The molecule has 0 radical (unpaired) electrons. The Hall–Kier alpha value is -1.91. The van der Waals surface area contributed by atoms with Gasteiger partial charge in [0.2, 0.25) is 0 Å². The van der Waals surface area contributed by atoms with E-state index >= 15 is 0 Å². The van der Waals surface area contributed by atoms with E-state index in [-0.39, 0.29) is 12.1 Å². The molecule has 1 aromatic carbocycles. The first-order valence-corrected chi connectivity index (χ1v) is 7.43. The summed E-state index contributed by atoms with van der Waals surface area (Å²) in [6.07, 6.45) is 4.54. The number of benzene rings is 1. The van der Waals surface area contributed by atoms with Crippen molar-refractivity contribution in [3.8, 4) is 11.5 Å². The molecule has 1 aliphatic carbocycles. The molecule has 0 aliphatic heterocycles. The van der Waals surface area contributed by atoms with E-state index < -0.39 is 0 Å². The Labute approximate surface area is 126 Å². The largest absolute Gasteiger partial charge is 0.497 e. The Bertz CT molecular complexity index is 484. The van der Waals surface area contributed by atoms with E-state index in [0.29, 0.717) is 6.04 Å². The molecule has 2 amide bonds. The van der Waals surface area contributed by atoms with Crippen molar-refractivity contribution in [1.29, 1.82) is 0 Å². The fourth-order valence-electron chi connectivity index (χ4n) is 2.75. The van der Waals surface area contributed by atoms with E-state index in [2.05, 4.69) is 10.6 Å². The Morgan fingerprint density at radius 1 is 1.24 bits per heavy atom. The average molecular weight is 292 g/mol. The number of carbonyl (C=O) groups is 1. The lowest BCUT2D eigenvalue weighted by atomic mass is 10.1. The molecule has 0 saturated heterocycles. The van der Waals surface area contributed by atoms with Crippen LogP contribution in [0.3, 0.4) is 0 Å². The van der Waals surface area contributed by atoms with E-state index in [1.54, 1.807) is 14.2 Å². The van der Waals surface area contributed by atoms with Crippen molar-refractivity contribution >= 4 is 6.03 Å². The highest BCUT2D eigenvalue weighted by Gasteiger charge is 2.19. The maximum Gasteiger partial charge on any atom is 0.315 e. The van der Waals surface area contributed by atoms with Crippen molar-refractivity contribution in [2.24, 2.45) is 0 Å².